The quantitative estimate of drug-likeness (QED) is 0.123. The summed E-state index contributed by atoms with van der Waals surface area (Å²) < 4.78 is 35.4. The van der Waals surface area contributed by atoms with E-state index >= 15 is 0 Å². The lowest BCUT2D eigenvalue weighted by atomic mass is 9.98. The molecule has 0 saturated heterocycles. The molecule has 0 aliphatic heterocycles. The van der Waals surface area contributed by atoms with Crippen LogP contribution in [0.2, 0.25) is 0 Å². The second kappa shape index (κ2) is 10.3. The van der Waals surface area contributed by atoms with Crippen molar-refractivity contribution in [3.8, 4) is 34.5 Å². The summed E-state index contributed by atoms with van der Waals surface area (Å²) in [5, 5.41) is 3.06. The van der Waals surface area contributed by atoms with E-state index in [4.69, 9.17) is 28.4 Å². The van der Waals surface area contributed by atoms with Gasteiger partial charge in [-0.2, -0.15) is 4.57 Å². The van der Waals surface area contributed by atoms with Crippen molar-refractivity contribution in [3.05, 3.63) is 30.5 Å². The molecule has 0 atom stereocenters. The molecule has 0 spiro atoms. The van der Waals surface area contributed by atoms with E-state index in [-0.39, 0.29) is 18.2 Å². The molecule has 0 aliphatic rings. The van der Waals surface area contributed by atoms with Gasteiger partial charge in [0.1, 0.15) is 12.4 Å². The van der Waals surface area contributed by atoms with Crippen LogP contribution < -0.4 is 45.4 Å². The number of carbonyl (C=O) groups is 2. The summed E-state index contributed by atoms with van der Waals surface area (Å²) in [5.41, 5.74) is 0.538. The Labute approximate surface area is 213 Å². The highest BCUT2D eigenvalue weighted by Crippen LogP contribution is 2.48. The maximum absolute atomic E-state index is 12.3. The van der Waals surface area contributed by atoms with Crippen molar-refractivity contribution >= 4 is 44.4 Å². The number of hydrogen-bond donors (Lipinski definition) is 0. The van der Waals surface area contributed by atoms with Crippen molar-refractivity contribution in [2.24, 2.45) is 7.05 Å². The second-order valence-electron chi connectivity index (χ2n) is 7.86. The number of halogens is 1. The summed E-state index contributed by atoms with van der Waals surface area (Å²) in [4.78, 5) is 24.5. The fourth-order valence-corrected chi connectivity index (χ4v) is 4.31. The summed E-state index contributed by atoms with van der Waals surface area (Å²) >= 11 is 0. The van der Waals surface area contributed by atoms with Gasteiger partial charge in [0.2, 0.25) is 5.75 Å². The van der Waals surface area contributed by atoms with Crippen LogP contribution in [-0.4, -0.2) is 40.4 Å². The molecule has 4 aromatic rings. The van der Waals surface area contributed by atoms with E-state index in [0.29, 0.717) is 55.8 Å². The number of ether oxygens (including phenoxy) is 6. The van der Waals surface area contributed by atoms with E-state index in [0.717, 1.165) is 5.39 Å². The predicted molar refractivity (Wildman–Crippen MR) is 129 cm³/mol. The zero-order chi connectivity index (χ0) is 25.4. The molecule has 36 heavy (non-hydrogen) atoms. The molecule has 4 rings (SSSR count). The van der Waals surface area contributed by atoms with Gasteiger partial charge in [0.05, 0.1) is 33.8 Å². The predicted octanol–water partition coefficient (Wildman–Crippen LogP) is 0.860. The van der Waals surface area contributed by atoms with Crippen molar-refractivity contribution < 1.29 is 55.0 Å². The highest BCUT2D eigenvalue weighted by molar-refractivity contribution is 6.19. The number of esters is 2. The van der Waals surface area contributed by atoms with Crippen molar-refractivity contribution in [2.75, 3.05) is 28.4 Å². The van der Waals surface area contributed by atoms with Crippen molar-refractivity contribution in [1.82, 2.24) is 0 Å². The summed E-state index contributed by atoms with van der Waals surface area (Å²) in [7, 11) is 7.93. The minimum absolute atomic E-state index is 0. The van der Waals surface area contributed by atoms with Gasteiger partial charge < -0.3 is 40.8 Å². The van der Waals surface area contributed by atoms with E-state index in [9.17, 15) is 9.59 Å². The number of fused-ring (bicyclic) bond motifs is 4. The third kappa shape index (κ3) is 4.37. The summed E-state index contributed by atoms with van der Waals surface area (Å²) in [6.45, 7) is 2.65. The van der Waals surface area contributed by atoms with Gasteiger partial charge in [-0.05, 0) is 24.3 Å². The molecule has 0 N–H and O–H groups in total. The average Bonchev–Trinajstić information content (AvgIpc) is 2.83. The van der Waals surface area contributed by atoms with E-state index < -0.39 is 11.9 Å². The highest BCUT2D eigenvalue weighted by Gasteiger charge is 2.29. The number of benzene rings is 3. The smallest absolute Gasteiger partial charge is 0.308 e. The fraction of sp³-hybridized carbons (Fsp3) is 0.269. The fourth-order valence-electron chi connectivity index (χ4n) is 4.31. The van der Waals surface area contributed by atoms with Gasteiger partial charge >= 0.3 is 11.9 Å². The Kier molecular flexibility index (Phi) is 7.64. The topological polar surface area (TPSA) is 93.4 Å². The molecule has 0 amide bonds. The minimum atomic E-state index is -0.511. The van der Waals surface area contributed by atoms with Gasteiger partial charge in [0.25, 0.3) is 5.52 Å². The first-order chi connectivity index (χ1) is 16.7. The first-order valence-corrected chi connectivity index (χ1v) is 10.7. The molecule has 1 heterocycles. The molecule has 3 aromatic carbocycles. The monoisotopic (exact) mass is 515 g/mol. The summed E-state index contributed by atoms with van der Waals surface area (Å²) in [5.74, 6) is 1.44. The molecule has 9 nitrogen and oxygen atoms in total. The SMILES string of the molecule is COc1cc2c[n+](C)c3c(OC(C)=O)c4cc(OC)c(OC)cc4c(OC(C)=O)c3c2cc1OC.[Cl-]. The molecule has 0 bridgehead atoms. The average molecular weight is 516 g/mol. The minimum Gasteiger partial charge on any atom is -1.00 e. The van der Waals surface area contributed by atoms with Gasteiger partial charge in [0.15, 0.2) is 34.9 Å². The van der Waals surface area contributed by atoms with Crippen molar-refractivity contribution in [3.63, 3.8) is 0 Å². The van der Waals surface area contributed by atoms with Crippen LogP contribution in [0.4, 0.5) is 0 Å². The molecule has 0 fully saturated rings. The van der Waals surface area contributed by atoms with Crippen molar-refractivity contribution in [1.29, 1.82) is 0 Å². The van der Waals surface area contributed by atoms with Crippen LogP contribution in [0.15, 0.2) is 30.5 Å². The standard InChI is InChI=1S/C26H26NO8.ClH/c1-13(28)34-25-17-10-21(32-6)22(33-7)11-18(17)26(35-14(2)29)24-23(25)16-9-20(31-5)19(30-4)8-15(16)12-27(24)3;/h8-12H,1-7H3;1H/q+1;/p-1. The summed E-state index contributed by atoms with van der Waals surface area (Å²) in [6.07, 6.45) is 1.87. The molecule has 1 aromatic heterocycles. The Hall–Kier alpha value is -3.98. The van der Waals surface area contributed by atoms with E-state index in [2.05, 4.69) is 0 Å². The van der Waals surface area contributed by atoms with Gasteiger partial charge in [-0.1, -0.05) is 0 Å². The number of aryl methyl sites for hydroxylation is 1. The molecular weight excluding hydrogens is 490 g/mol. The molecule has 0 unspecified atom stereocenters. The number of carbonyl (C=O) groups excluding carboxylic acids is 2. The number of rotatable bonds is 6. The van der Waals surface area contributed by atoms with Gasteiger partial charge in [-0.15, -0.1) is 0 Å². The number of aromatic nitrogens is 1. The van der Waals surface area contributed by atoms with E-state index in [1.54, 1.807) is 32.4 Å². The maximum Gasteiger partial charge on any atom is 0.308 e. The molecule has 0 saturated carbocycles. The first-order valence-electron chi connectivity index (χ1n) is 10.7. The third-order valence-corrected chi connectivity index (χ3v) is 5.69. The largest absolute Gasteiger partial charge is 1.00 e. The maximum atomic E-state index is 12.3. The van der Waals surface area contributed by atoms with Crippen LogP contribution >= 0.6 is 0 Å². The molecule has 0 radical (unpaired) electrons. The zero-order valence-electron chi connectivity index (χ0n) is 21.0. The number of hydrogen-bond acceptors (Lipinski definition) is 8. The highest BCUT2D eigenvalue weighted by atomic mass is 35.5. The van der Waals surface area contributed by atoms with E-state index in [1.807, 2.05) is 23.9 Å². The summed E-state index contributed by atoms with van der Waals surface area (Å²) in [6, 6.07) is 7.01. The van der Waals surface area contributed by atoms with Crippen molar-refractivity contribution in [2.45, 2.75) is 13.8 Å². The lowest BCUT2D eigenvalue weighted by Gasteiger charge is -2.18. The Bertz CT molecular complexity index is 1520. The molecule has 10 heteroatoms. The Morgan fingerprint density at radius 3 is 1.56 bits per heavy atom. The normalized spacial score (nSPS) is 10.6. The molecular formula is C26H26ClNO8. The van der Waals surface area contributed by atoms with Crippen LogP contribution in [0.25, 0.3) is 32.4 Å². The van der Waals surface area contributed by atoms with Crippen LogP contribution in [0, 0.1) is 0 Å². The van der Waals surface area contributed by atoms with Gasteiger partial charge in [-0.25, -0.2) is 0 Å². The lowest BCUT2D eigenvalue weighted by molar-refractivity contribution is -0.643. The second-order valence-corrected chi connectivity index (χ2v) is 7.86. The van der Waals surface area contributed by atoms with Gasteiger partial charge in [-0.3, -0.25) is 9.59 Å². The number of nitrogens with zero attached hydrogens (tertiary/aromatic N) is 1. The molecule has 190 valence electrons. The first kappa shape index (κ1) is 26.6. The zero-order valence-corrected chi connectivity index (χ0v) is 21.7. The van der Waals surface area contributed by atoms with Crippen LogP contribution in [0.3, 0.4) is 0 Å². The van der Waals surface area contributed by atoms with Crippen LogP contribution in [0.1, 0.15) is 13.8 Å². The Morgan fingerprint density at radius 1 is 0.667 bits per heavy atom. The Balaban J connectivity index is 0.00000361. The van der Waals surface area contributed by atoms with Gasteiger partial charge in [0, 0.05) is 30.0 Å². The van der Waals surface area contributed by atoms with Crippen LogP contribution in [-0.2, 0) is 16.6 Å². The number of methoxy groups -OCH3 is 4. The number of pyridine rings is 1. The Morgan fingerprint density at radius 2 is 1.08 bits per heavy atom. The van der Waals surface area contributed by atoms with Crippen LogP contribution in [0.5, 0.6) is 34.5 Å². The third-order valence-electron chi connectivity index (χ3n) is 5.69. The lowest BCUT2D eigenvalue weighted by Crippen LogP contribution is -3.00. The molecule has 0 aliphatic carbocycles. The van der Waals surface area contributed by atoms with E-state index in [1.165, 1.54) is 28.1 Å².